The Kier molecular flexibility index (Phi) is 4.20. The number of carbonyl (C=O) groups is 1. The number of anilines is 1. The number of hydrogen-bond acceptors (Lipinski definition) is 2. The molecular weight excluding hydrogens is 271 g/mol. The van der Waals surface area contributed by atoms with Crippen LogP contribution in [0, 0.1) is 5.92 Å². The van der Waals surface area contributed by atoms with Gasteiger partial charge in [-0.05, 0) is 37.5 Å². The van der Waals surface area contributed by atoms with Gasteiger partial charge in [-0.2, -0.15) is 13.2 Å². The number of halogens is 3. The average molecular weight is 287 g/mol. The first kappa shape index (κ1) is 14.7. The zero-order valence-electron chi connectivity index (χ0n) is 11.1. The summed E-state index contributed by atoms with van der Waals surface area (Å²) in [6, 6.07) is 3.13. The van der Waals surface area contributed by atoms with Crippen LogP contribution in [-0.2, 0) is 11.0 Å². The monoisotopic (exact) mass is 287 g/mol. The van der Waals surface area contributed by atoms with Gasteiger partial charge in [0.15, 0.2) is 0 Å². The molecule has 2 rings (SSSR count). The number of amides is 1. The van der Waals surface area contributed by atoms with Crippen molar-refractivity contribution in [2.75, 3.05) is 11.9 Å². The van der Waals surface area contributed by atoms with E-state index in [0.29, 0.717) is 6.61 Å². The standard InChI is InChI=1S/C14H16F3NO2/c1-2-7-20-12-6-5-10(14(15,16)17)8-11(12)18-13(19)9-3-4-9/h5-6,8-9H,2-4,7H2,1H3,(H,18,19). The van der Waals surface area contributed by atoms with Gasteiger partial charge in [0.2, 0.25) is 5.91 Å². The first-order valence-electron chi connectivity index (χ1n) is 6.56. The average Bonchev–Trinajstić information content (AvgIpc) is 3.20. The van der Waals surface area contributed by atoms with Crippen molar-refractivity contribution in [2.45, 2.75) is 32.4 Å². The van der Waals surface area contributed by atoms with Gasteiger partial charge in [0.25, 0.3) is 0 Å². The van der Waals surface area contributed by atoms with Crippen LogP contribution in [0.2, 0.25) is 0 Å². The van der Waals surface area contributed by atoms with Crippen LogP contribution in [0.25, 0.3) is 0 Å². The fourth-order valence-electron chi connectivity index (χ4n) is 1.72. The zero-order valence-corrected chi connectivity index (χ0v) is 11.1. The topological polar surface area (TPSA) is 38.3 Å². The Morgan fingerprint density at radius 2 is 2.10 bits per heavy atom. The minimum Gasteiger partial charge on any atom is -0.491 e. The molecule has 0 unspecified atom stereocenters. The van der Waals surface area contributed by atoms with E-state index >= 15 is 0 Å². The van der Waals surface area contributed by atoms with Gasteiger partial charge in [0.1, 0.15) is 5.75 Å². The van der Waals surface area contributed by atoms with Gasteiger partial charge in [-0.25, -0.2) is 0 Å². The third kappa shape index (κ3) is 3.65. The molecular formula is C14H16F3NO2. The fourth-order valence-corrected chi connectivity index (χ4v) is 1.72. The summed E-state index contributed by atoms with van der Waals surface area (Å²) in [5, 5.41) is 2.53. The summed E-state index contributed by atoms with van der Waals surface area (Å²) in [5.41, 5.74) is -0.711. The Morgan fingerprint density at radius 3 is 2.65 bits per heavy atom. The predicted octanol–water partition coefficient (Wildman–Crippen LogP) is 3.84. The van der Waals surface area contributed by atoms with Crippen LogP contribution in [-0.4, -0.2) is 12.5 Å². The highest BCUT2D eigenvalue weighted by Gasteiger charge is 2.33. The van der Waals surface area contributed by atoms with E-state index in [1.165, 1.54) is 6.07 Å². The van der Waals surface area contributed by atoms with Crippen molar-refractivity contribution < 1.29 is 22.7 Å². The lowest BCUT2D eigenvalue weighted by atomic mass is 10.1. The fraction of sp³-hybridized carbons (Fsp3) is 0.500. The number of carbonyl (C=O) groups excluding carboxylic acids is 1. The molecule has 1 fully saturated rings. The highest BCUT2D eigenvalue weighted by molar-refractivity contribution is 5.95. The maximum Gasteiger partial charge on any atom is 0.416 e. The summed E-state index contributed by atoms with van der Waals surface area (Å²) >= 11 is 0. The third-order valence-electron chi connectivity index (χ3n) is 2.97. The van der Waals surface area contributed by atoms with Crippen molar-refractivity contribution in [1.82, 2.24) is 0 Å². The Hall–Kier alpha value is -1.72. The maximum absolute atomic E-state index is 12.7. The molecule has 110 valence electrons. The lowest BCUT2D eigenvalue weighted by Gasteiger charge is -2.15. The zero-order chi connectivity index (χ0) is 14.8. The van der Waals surface area contributed by atoms with E-state index in [1.807, 2.05) is 6.92 Å². The third-order valence-corrected chi connectivity index (χ3v) is 2.97. The molecule has 0 saturated heterocycles. The maximum atomic E-state index is 12.7. The summed E-state index contributed by atoms with van der Waals surface area (Å²) in [6.45, 7) is 2.28. The predicted molar refractivity (Wildman–Crippen MR) is 68.6 cm³/mol. The number of benzene rings is 1. The largest absolute Gasteiger partial charge is 0.491 e. The van der Waals surface area contributed by atoms with Crippen molar-refractivity contribution in [3.63, 3.8) is 0 Å². The van der Waals surface area contributed by atoms with Crippen LogP contribution >= 0.6 is 0 Å². The number of nitrogens with one attached hydrogen (secondary N) is 1. The van der Waals surface area contributed by atoms with Crippen LogP contribution < -0.4 is 10.1 Å². The molecule has 0 aromatic heterocycles. The molecule has 6 heteroatoms. The highest BCUT2D eigenvalue weighted by Crippen LogP contribution is 2.36. The summed E-state index contributed by atoms with van der Waals surface area (Å²) in [5.74, 6) is -0.0527. The molecule has 0 radical (unpaired) electrons. The van der Waals surface area contributed by atoms with E-state index in [2.05, 4.69) is 5.32 Å². The van der Waals surface area contributed by atoms with Crippen molar-refractivity contribution >= 4 is 11.6 Å². The Morgan fingerprint density at radius 1 is 1.40 bits per heavy atom. The normalized spacial score (nSPS) is 15.0. The van der Waals surface area contributed by atoms with Gasteiger partial charge < -0.3 is 10.1 Å². The SMILES string of the molecule is CCCOc1ccc(C(F)(F)F)cc1NC(=O)C1CC1. The number of rotatable bonds is 5. The summed E-state index contributed by atoms with van der Waals surface area (Å²) in [4.78, 5) is 11.7. The molecule has 1 amide bonds. The van der Waals surface area contributed by atoms with Crippen molar-refractivity contribution in [3.8, 4) is 5.75 Å². The van der Waals surface area contributed by atoms with Crippen LogP contribution in [0.4, 0.5) is 18.9 Å². The lowest BCUT2D eigenvalue weighted by Crippen LogP contribution is -2.15. The summed E-state index contributed by atoms with van der Waals surface area (Å²) < 4.78 is 43.5. The van der Waals surface area contributed by atoms with Gasteiger partial charge in [-0.1, -0.05) is 6.92 Å². The molecule has 1 N–H and O–H groups in total. The summed E-state index contributed by atoms with van der Waals surface area (Å²) in [6.07, 6.45) is -2.13. The van der Waals surface area contributed by atoms with Crippen LogP contribution in [0.3, 0.4) is 0 Å². The first-order chi connectivity index (χ1) is 9.41. The molecule has 1 aromatic rings. The van der Waals surface area contributed by atoms with Crippen LogP contribution in [0.5, 0.6) is 5.75 Å². The van der Waals surface area contributed by atoms with Crippen molar-refractivity contribution in [1.29, 1.82) is 0 Å². The highest BCUT2D eigenvalue weighted by atomic mass is 19.4. The van der Waals surface area contributed by atoms with Crippen LogP contribution in [0.1, 0.15) is 31.7 Å². The van der Waals surface area contributed by atoms with E-state index in [4.69, 9.17) is 4.74 Å². The number of hydrogen-bond donors (Lipinski definition) is 1. The minimum atomic E-state index is -4.44. The van der Waals surface area contributed by atoms with Gasteiger partial charge in [-0.15, -0.1) is 0 Å². The van der Waals surface area contributed by atoms with E-state index in [9.17, 15) is 18.0 Å². The smallest absolute Gasteiger partial charge is 0.416 e. The molecule has 0 heterocycles. The second-order valence-corrected chi connectivity index (χ2v) is 4.82. The Labute approximate surface area is 115 Å². The van der Waals surface area contributed by atoms with Crippen LogP contribution in [0.15, 0.2) is 18.2 Å². The van der Waals surface area contributed by atoms with Gasteiger partial charge in [0, 0.05) is 5.92 Å². The van der Waals surface area contributed by atoms with Gasteiger partial charge >= 0.3 is 6.18 Å². The molecule has 3 nitrogen and oxygen atoms in total. The quantitative estimate of drug-likeness (QED) is 0.893. The summed E-state index contributed by atoms with van der Waals surface area (Å²) in [7, 11) is 0. The molecule has 1 aliphatic carbocycles. The van der Waals surface area contributed by atoms with E-state index in [0.717, 1.165) is 31.4 Å². The molecule has 0 aliphatic heterocycles. The van der Waals surface area contributed by atoms with Gasteiger partial charge in [0.05, 0.1) is 17.9 Å². The second kappa shape index (κ2) is 5.73. The molecule has 0 atom stereocenters. The van der Waals surface area contributed by atoms with Gasteiger partial charge in [-0.3, -0.25) is 4.79 Å². The van der Waals surface area contributed by atoms with E-state index < -0.39 is 11.7 Å². The number of alkyl halides is 3. The molecule has 1 aliphatic rings. The van der Waals surface area contributed by atoms with Crippen molar-refractivity contribution in [3.05, 3.63) is 23.8 Å². The Bertz CT molecular complexity index is 496. The minimum absolute atomic E-state index is 0.0800. The lowest BCUT2D eigenvalue weighted by molar-refractivity contribution is -0.137. The van der Waals surface area contributed by atoms with E-state index in [1.54, 1.807) is 0 Å². The molecule has 1 aromatic carbocycles. The van der Waals surface area contributed by atoms with E-state index in [-0.39, 0.29) is 23.3 Å². The molecule has 1 saturated carbocycles. The molecule has 0 bridgehead atoms. The first-order valence-corrected chi connectivity index (χ1v) is 6.56. The molecule has 20 heavy (non-hydrogen) atoms. The van der Waals surface area contributed by atoms with Crippen molar-refractivity contribution in [2.24, 2.45) is 5.92 Å². The Balaban J connectivity index is 2.23. The molecule has 0 spiro atoms. The second-order valence-electron chi connectivity index (χ2n) is 4.82. The number of ether oxygens (including phenoxy) is 1.